The number of fused-ring (bicyclic) bond motifs is 2. The van der Waals surface area contributed by atoms with Crippen LogP contribution in [0.3, 0.4) is 0 Å². The summed E-state index contributed by atoms with van der Waals surface area (Å²) in [5.41, 5.74) is 0.705. The Balaban J connectivity index is 2.11. The lowest BCUT2D eigenvalue weighted by molar-refractivity contribution is 0.0644. The molecule has 2 bridgehead atoms. The topological polar surface area (TPSA) is 0 Å². The quantitative estimate of drug-likeness (QED) is 0.567. The van der Waals surface area contributed by atoms with Crippen LogP contribution in [0, 0.1) is 23.2 Å². The van der Waals surface area contributed by atoms with Gasteiger partial charge >= 0.3 is 0 Å². The lowest BCUT2D eigenvalue weighted by atomic mass is 9.61. The van der Waals surface area contributed by atoms with E-state index in [4.69, 9.17) is 0 Å². The van der Waals surface area contributed by atoms with E-state index in [0.29, 0.717) is 5.41 Å². The van der Waals surface area contributed by atoms with Crippen molar-refractivity contribution < 1.29 is 0 Å². The molecule has 2 fully saturated rings. The highest BCUT2D eigenvalue weighted by atomic mass is 14.4. The SMILES string of the molecule is CCC1CCC(C)CC2(C)CCC[C@@H]1C2. The van der Waals surface area contributed by atoms with Crippen LogP contribution < -0.4 is 0 Å². The molecule has 0 aromatic heterocycles. The zero-order valence-corrected chi connectivity index (χ0v) is 10.9. The first-order chi connectivity index (χ1) is 7.13. The molecule has 2 aliphatic rings. The molecule has 0 aliphatic heterocycles. The van der Waals surface area contributed by atoms with Gasteiger partial charge in [-0.2, -0.15) is 0 Å². The molecular weight excluding hydrogens is 180 g/mol. The van der Waals surface area contributed by atoms with Gasteiger partial charge in [0.05, 0.1) is 0 Å². The van der Waals surface area contributed by atoms with E-state index in [9.17, 15) is 0 Å². The van der Waals surface area contributed by atoms with E-state index in [1.54, 1.807) is 0 Å². The summed E-state index contributed by atoms with van der Waals surface area (Å²) in [4.78, 5) is 0. The van der Waals surface area contributed by atoms with Crippen molar-refractivity contribution in [3.63, 3.8) is 0 Å². The third-order valence-corrected chi connectivity index (χ3v) is 5.17. The zero-order valence-electron chi connectivity index (χ0n) is 10.9. The van der Waals surface area contributed by atoms with Crippen molar-refractivity contribution in [2.24, 2.45) is 23.2 Å². The van der Waals surface area contributed by atoms with Crippen LogP contribution in [0.1, 0.15) is 72.1 Å². The summed E-state index contributed by atoms with van der Waals surface area (Å²) in [6.45, 7) is 7.45. The maximum absolute atomic E-state index is 2.56. The Labute approximate surface area is 95.8 Å². The van der Waals surface area contributed by atoms with Gasteiger partial charge in [-0.3, -0.25) is 0 Å². The zero-order chi connectivity index (χ0) is 10.9. The van der Waals surface area contributed by atoms with E-state index < -0.39 is 0 Å². The molecule has 0 saturated heterocycles. The Morgan fingerprint density at radius 1 is 1.13 bits per heavy atom. The van der Waals surface area contributed by atoms with Crippen molar-refractivity contribution >= 4 is 0 Å². The lowest BCUT2D eigenvalue weighted by Crippen LogP contribution is -2.33. The Kier molecular flexibility index (Phi) is 3.42. The van der Waals surface area contributed by atoms with Gasteiger partial charge in [0.2, 0.25) is 0 Å². The van der Waals surface area contributed by atoms with Gasteiger partial charge in [0.1, 0.15) is 0 Å². The maximum atomic E-state index is 2.56. The van der Waals surface area contributed by atoms with Crippen LogP contribution in [0.25, 0.3) is 0 Å². The predicted octanol–water partition coefficient (Wildman–Crippen LogP) is 5.03. The van der Waals surface area contributed by atoms with Crippen LogP contribution in [-0.4, -0.2) is 0 Å². The molecule has 0 amide bonds. The Morgan fingerprint density at radius 3 is 2.67 bits per heavy atom. The highest BCUT2D eigenvalue weighted by Gasteiger charge is 2.37. The molecule has 3 unspecified atom stereocenters. The van der Waals surface area contributed by atoms with E-state index in [1.165, 1.54) is 51.4 Å². The van der Waals surface area contributed by atoms with Crippen LogP contribution in [0.2, 0.25) is 0 Å². The van der Waals surface area contributed by atoms with Gasteiger partial charge in [0, 0.05) is 0 Å². The monoisotopic (exact) mass is 208 g/mol. The van der Waals surface area contributed by atoms with Crippen LogP contribution in [-0.2, 0) is 0 Å². The molecule has 88 valence electrons. The average molecular weight is 208 g/mol. The Hall–Kier alpha value is 0. The summed E-state index contributed by atoms with van der Waals surface area (Å²) >= 11 is 0. The van der Waals surface area contributed by atoms with Gasteiger partial charge in [-0.15, -0.1) is 0 Å². The molecule has 2 saturated carbocycles. The number of hydrogen-bond donors (Lipinski definition) is 0. The van der Waals surface area contributed by atoms with Gasteiger partial charge in [0.25, 0.3) is 0 Å². The highest BCUT2D eigenvalue weighted by molar-refractivity contribution is 4.89. The third-order valence-electron chi connectivity index (χ3n) is 5.17. The molecule has 15 heavy (non-hydrogen) atoms. The van der Waals surface area contributed by atoms with E-state index in [-0.39, 0.29) is 0 Å². The lowest BCUT2D eigenvalue weighted by Gasteiger charge is -2.45. The van der Waals surface area contributed by atoms with Crippen LogP contribution >= 0.6 is 0 Å². The molecule has 0 nitrogen and oxygen atoms in total. The van der Waals surface area contributed by atoms with E-state index in [0.717, 1.165) is 17.8 Å². The van der Waals surface area contributed by atoms with E-state index in [2.05, 4.69) is 20.8 Å². The molecule has 0 heteroatoms. The van der Waals surface area contributed by atoms with Gasteiger partial charge in [0.15, 0.2) is 0 Å². The van der Waals surface area contributed by atoms with Crippen LogP contribution in [0.4, 0.5) is 0 Å². The standard InChI is InChI=1S/C15H28/c1-4-13-8-7-12(2)10-15(3)9-5-6-14(13)11-15/h12-14H,4-11H2,1-3H3/t12?,13?,14-,15?/m1/s1. The predicted molar refractivity (Wildman–Crippen MR) is 66.9 cm³/mol. The van der Waals surface area contributed by atoms with Gasteiger partial charge < -0.3 is 0 Å². The van der Waals surface area contributed by atoms with Gasteiger partial charge in [-0.25, -0.2) is 0 Å². The van der Waals surface area contributed by atoms with Crippen LogP contribution in [0.5, 0.6) is 0 Å². The molecule has 2 rings (SSSR count). The average Bonchev–Trinajstić information content (AvgIpc) is 2.16. The summed E-state index contributed by atoms with van der Waals surface area (Å²) in [5, 5.41) is 0. The summed E-state index contributed by atoms with van der Waals surface area (Å²) in [5.74, 6) is 3.09. The maximum Gasteiger partial charge on any atom is -0.0321 e. The minimum atomic E-state index is 0.705. The van der Waals surface area contributed by atoms with E-state index >= 15 is 0 Å². The van der Waals surface area contributed by atoms with Crippen molar-refractivity contribution in [3.05, 3.63) is 0 Å². The van der Waals surface area contributed by atoms with Crippen molar-refractivity contribution in [3.8, 4) is 0 Å². The first-order valence-corrected chi connectivity index (χ1v) is 7.13. The van der Waals surface area contributed by atoms with Gasteiger partial charge in [-0.05, 0) is 48.9 Å². The fourth-order valence-corrected chi connectivity index (χ4v) is 4.43. The summed E-state index contributed by atoms with van der Waals surface area (Å²) in [6.07, 6.45) is 12.0. The smallest absolute Gasteiger partial charge is 0.0321 e. The molecule has 0 aromatic rings. The minimum Gasteiger partial charge on any atom is -0.0651 e. The first-order valence-electron chi connectivity index (χ1n) is 7.13. The normalized spacial score (nSPS) is 47.0. The van der Waals surface area contributed by atoms with Crippen molar-refractivity contribution in [1.82, 2.24) is 0 Å². The van der Waals surface area contributed by atoms with E-state index in [1.807, 2.05) is 0 Å². The summed E-state index contributed by atoms with van der Waals surface area (Å²) in [7, 11) is 0. The first kappa shape index (κ1) is 11.5. The van der Waals surface area contributed by atoms with Crippen molar-refractivity contribution in [2.45, 2.75) is 72.1 Å². The van der Waals surface area contributed by atoms with Crippen molar-refractivity contribution in [2.75, 3.05) is 0 Å². The molecule has 0 radical (unpaired) electrons. The molecule has 2 aliphatic carbocycles. The number of rotatable bonds is 1. The van der Waals surface area contributed by atoms with Gasteiger partial charge in [-0.1, -0.05) is 46.5 Å². The molecule has 0 N–H and O–H groups in total. The highest BCUT2D eigenvalue weighted by Crippen LogP contribution is 2.49. The molecule has 4 atom stereocenters. The van der Waals surface area contributed by atoms with Crippen LogP contribution in [0.15, 0.2) is 0 Å². The molecule has 0 aromatic carbocycles. The molecular formula is C15H28. The Morgan fingerprint density at radius 2 is 1.93 bits per heavy atom. The second kappa shape index (κ2) is 4.47. The fraction of sp³-hybridized carbons (Fsp3) is 1.00. The second-order valence-corrected chi connectivity index (χ2v) is 6.72. The molecule has 0 spiro atoms. The molecule has 0 heterocycles. The Bertz CT molecular complexity index is 208. The summed E-state index contributed by atoms with van der Waals surface area (Å²) < 4.78 is 0. The second-order valence-electron chi connectivity index (χ2n) is 6.72. The minimum absolute atomic E-state index is 0.705. The van der Waals surface area contributed by atoms with Crippen molar-refractivity contribution in [1.29, 1.82) is 0 Å². The number of hydrogen-bond acceptors (Lipinski definition) is 0. The fourth-order valence-electron chi connectivity index (χ4n) is 4.43. The summed E-state index contributed by atoms with van der Waals surface area (Å²) in [6, 6.07) is 0. The third kappa shape index (κ3) is 2.57. The largest absolute Gasteiger partial charge is 0.0651 e.